The molecule has 3 aliphatic rings. The lowest BCUT2D eigenvalue weighted by Crippen LogP contribution is -2.22. The van der Waals surface area contributed by atoms with Crippen molar-refractivity contribution >= 4 is 16.5 Å². The highest BCUT2D eigenvalue weighted by Crippen LogP contribution is 2.49. The molecule has 0 amide bonds. The van der Waals surface area contributed by atoms with Gasteiger partial charge in [-0.2, -0.15) is 0 Å². The monoisotopic (exact) mass is 482 g/mol. The second kappa shape index (κ2) is 18.3. The summed E-state index contributed by atoms with van der Waals surface area (Å²) in [5.41, 5.74) is 0. The maximum absolute atomic E-state index is 6.32. The third-order valence-corrected chi connectivity index (χ3v) is 10.3. The predicted molar refractivity (Wildman–Crippen MR) is 143 cm³/mol. The molecule has 0 saturated heterocycles. The van der Waals surface area contributed by atoms with Gasteiger partial charge in [-0.15, -0.1) is 19.7 Å². The summed E-state index contributed by atoms with van der Waals surface area (Å²) >= 11 is 0. The summed E-state index contributed by atoms with van der Waals surface area (Å²) in [7, 11) is -1.04. The summed E-state index contributed by atoms with van der Waals surface area (Å²) < 4.78 is 19.0. The highest BCUT2D eigenvalue weighted by Gasteiger charge is 2.29. The van der Waals surface area contributed by atoms with E-state index in [-0.39, 0.29) is 7.92 Å². The second-order valence-electron chi connectivity index (χ2n) is 9.40. The van der Waals surface area contributed by atoms with E-state index in [1.54, 1.807) is 0 Å². The van der Waals surface area contributed by atoms with Crippen LogP contribution in [0.3, 0.4) is 0 Å². The molecule has 3 nitrogen and oxygen atoms in total. The molecule has 3 fully saturated rings. The number of hydrogen-bond acceptors (Lipinski definition) is 3. The van der Waals surface area contributed by atoms with Gasteiger partial charge in [-0.05, 0) is 57.0 Å². The summed E-state index contributed by atoms with van der Waals surface area (Å²) in [6, 6.07) is 0. The Bertz CT molecular complexity index is 424. The fourth-order valence-electron chi connectivity index (χ4n) is 4.72. The average molecular weight is 483 g/mol. The normalized spacial score (nSPS) is 21.2. The largest absolute Gasteiger partial charge is 0.333 e. The van der Waals surface area contributed by atoms with Crippen LogP contribution in [0.25, 0.3) is 0 Å². The van der Waals surface area contributed by atoms with Crippen molar-refractivity contribution in [1.29, 1.82) is 0 Å². The van der Waals surface area contributed by atoms with Crippen LogP contribution in [-0.4, -0.2) is 36.8 Å². The van der Waals surface area contributed by atoms with Gasteiger partial charge in [-0.3, -0.25) is 0 Å². The van der Waals surface area contributed by atoms with Crippen LogP contribution in [0.15, 0.2) is 38.0 Å². The fourth-order valence-corrected chi connectivity index (χ4v) is 7.78. The molecule has 0 aromatic rings. The first-order valence-electron chi connectivity index (χ1n) is 13.1. The van der Waals surface area contributed by atoms with Gasteiger partial charge in [0, 0.05) is 0 Å². The smallest absolute Gasteiger partial charge is 0.309 e. The van der Waals surface area contributed by atoms with E-state index >= 15 is 0 Å². The second-order valence-corrected chi connectivity index (χ2v) is 12.9. The number of rotatable bonds is 12. The molecule has 184 valence electrons. The quantitative estimate of drug-likeness (QED) is 0.205. The van der Waals surface area contributed by atoms with E-state index in [0.29, 0.717) is 18.3 Å². The Morgan fingerprint density at radius 1 is 0.500 bits per heavy atom. The van der Waals surface area contributed by atoms with Crippen LogP contribution in [0, 0.1) is 0 Å². The Balaban J connectivity index is 0.000000309. The van der Waals surface area contributed by atoms with Gasteiger partial charge >= 0.3 is 8.60 Å². The van der Waals surface area contributed by atoms with Crippen molar-refractivity contribution in [2.24, 2.45) is 0 Å². The first kappa shape index (κ1) is 28.2. The van der Waals surface area contributed by atoms with Gasteiger partial charge in [0.2, 0.25) is 0 Å². The molecule has 3 saturated carbocycles. The molecule has 0 aromatic heterocycles. The Kier molecular flexibility index (Phi) is 16.1. The van der Waals surface area contributed by atoms with Crippen molar-refractivity contribution < 1.29 is 13.6 Å². The third-order valence-electron chi connectivity index (χ3n) is 6.52. The molecule has 0 bridgehead atoms. The molecular weight excluding hydrogens is 434 g/mol. The molecule has 0 spiro atoms. The van der Waals surface area contributed by atoms with E-state index < -0.39 is 8.60 Å². The summed E-state index contributed by atoms with van der Waals surface area (Å²) in [4.78, 5) is 0. The highest BCUT2D eigenvalue weighted by molar-refractivity contribution is 7.58. The van der Waals surface area contributed by atoms with Gasteiger partial charge in [0.15, 0.2) is 0 Å². The molecular formula is C27H48O3P2. The van der Waals surface area contributed by atoms with E-state index in [1.165, 1.54) is 96.3 Å². The Labute approximate surface area is 201 Å². The van der Waals surface area contributed by atoms with Crippen molar-refractivity contribution in [3.8, 4) is 0 Å². The minimum Gasteiger partial charge on any atom is -0.309 e. The molecule has 0 N–H and O–H groups in total. The lowest BCUT2D eigenvalue weighted by molar-refractivity contribution is 0.0357. The molecule has 32 heavy (non-hydrogen) atoms. The Morgan fingerprint density at radius 3 is 1.03 bits per heavy atom. The zero-order chi connectivity index (χ0) is 22.9. The van der Waals surface area contributed by atoms with Crippen LogP contribution in [0.1, 0.15) is 96.3 Å². The van der Waals surface area contributed by atoms with E-state index in [9.17, 15) is 0 Å². The van der Waals surface area contributed by atoms with Crippen LogP contribution >= 0.6 is 16.5 Å². The maximum atomic E-state index is 6.32. The Hall–Kier alpha value is -0.0400. The van der Waals surface area contributed by atoms with Gasteiger partial charge in [0.1, 0.15) is 0 Å². The van der Waals surface area contributed by atoms with Crippen LogP contribution in [-0.2, 0) is 13.6 Å². The van der Waals surface area contributed by atoms with Crippen LogP contribution in [0.2, 0.25) is 0 Å². The van der Waals surface area contributed by atoms with Crippen molar-refractivity contribution in [1.82, 2.24) is 0 Å². The van der Waals surface area contributed by atoms with Gasteiger partial charge in [-0.25, -0.2) is 0 Å². The van der Waals surface area contributed by atoms with Crippen LogP contribution < -0.4 is 0 Å². The first-order chi connectivity index (χ1) is 15.7. The van der Waals surface area contributed by atoms with Crippen LogP contribution in [0.5, 0.6) is 0 Å². The topological polar surface area (TPSA) is 27.7 Å². The zero-order valence-electron chi connectivity index (χ0n) is 20.4. The highest BCUT2D eigenvalue weighted by atomic mass is 31.2. The van der Waals surface area contributed by atoms with Crippen LogP contribution in [0.4, 0.5) is 0 Å². The molecule has 0 heterocycles. The fraction of sp³-hybridized carbons (Fsp3) is 0.778. The summed E-state index contributed by atoms with van der Waals surface area (Å²) in [5, 5.41) is 0. The third kappa shape index (κ3) is 12.4. The van der Waals surface area contributed by atoms with E-state index in [2.05, 4.69) is 19.7 Å². The number of hydrogen-bond donors (Lipinski definition) is 0. The Morgan fingerprint density at radius 2 is 0.781 bits per heavy atom. The maximum Gasteiger partial charge on any atom is 0.333 e. The molecule has 3 aliphatic carbocycles. The summed E-state index contributed by atoms with van der Waals surface area (Å²) in [6.07, 6.45) is 29.6. The molecule has 0 aromatic carbocycles. The van der Waals surface area contributed by atoms with E-state index in [4.69, 9.17) is 13.6 Å². The molecule has 0 atom stereocenters. The van der Waals surface area contributed by atoms with Crippen molar-refractivity contribution in [3.63, 3.8) is 0 Å². The molecule has 0 aliphatic heterocycles. The lowest BCUT2D eigenvalue weighted by atomic mass is 9.98. The summed E-state index contributed by atoms with van der Waals surface area (Å²) in [5.74, 6) is 0. The molecule has 0 unspecified atom stereocenters. The zero-order valence-corrected chi connectivity index (χ0v) is 22.2. The van der Waals surface area contributed by atoms with Crippen molar-refractivity contribution in [2.45, 2.75) is 115 Å². The van der Waals surface area contributed by atoms with E-state index in [1.807, 2.05) is 18.2 Å². The first-order valence-corrected chi connectivity index (χ1v) is 16.1. The minimum absolute atomic E-state index is 0.0849. The van der Waals surface area contributed by atoms with Gasteiger partial charge in [-0.1, -0.05) is 83.9 Å². The molecule has 0 radical (unpaired) electrons. The number of allylic oxidation sites excluding steroid dienone is 3. The standard InChI is InChI=1S/C18H33O3P.C9H15P/c1-4-10-16(11-5-1)19-22(20-17-12-6-2-7-13-17)21-18-14-8-3-9-15-18;1-4-7-10(8-5-2)9-6-3/h16-18H,1-15H2;4-6H,1-3,7-9H2. The SMILES string of the molecule is C1CCC(OP(OC2CCCCC2)OC2CCCCC2)CC1.C=CCP(CC=C)CC=C. The van der Waals surface area contributed by atoms with Crippen molar-refractivity contribution in [2.75, 3.05) is 18.5 Å². The van der Waals surface area contributed by atoms with Crippen molar-refractivity contribution in [3.05, 3.63) is 38.0 Å². The van der Waals surface area contributed by atoms with E-state index in [0.717, 1.165) is 18.5 Å². The molecule has 5 heteroatoms. The predicted octanol–water partition coefficient (Wildman–Crippen LogP) is 9.29. The summed E-state index contributed by atoms with van der Waals surface area (Å²) in [6.45, 7) is 11.1. The average Bonchev–Trinajstić information content (AvgIpc) is 2.82. The van der Waals surface area contributed by atoms with Gasteiger partial charge in [0.05, 0.1) is 18.3 Å². The van der Waals surface area contributed by atoms with Gasteiger partial charge in [0.25, 0.3) is 0 Å². The lowest BCUT2D eigenvalue weighted by Gasteiger charge is -2.32. The minimum atomic E-state index is -1.13. The van der Waals surface area contributed by atoms with Gasteiger partial charge < -0.3 is 13.6 Å². The molecule has 3 rings (SSSR count).